The Bertz CT molecular complexity index is 639. The zero-order valence-corrected chi connectivity index (χ0v) is 16.6. The molecule has 2 aromatic carbocycles. The first kappa shape index (κ1) is 20.6. The van der Waals surface area contributed by atoms with Crippen LogP contribution >= 0.6 is 0 Å². The van der Waals surface area contributed by atoms with Crippen molar-refractivity contribution >= 4 is 0 Å². The van der Waals surface area contributed by atoms with E-state index in [9.17, 15) is 0 Å². The van der Waals surface area contributed by atoms with Crippen LogP contribution in [-0.2, 0) is 13.1 Å². The van der Waals surface area contributed by atoms with Crippen molar-refractivity contribution < 1.29 is 0 Å². The first-order valence-corrected chi connectivity index (χ1v) is 9.88. The smallest absolute Gasteiger partial charge is 0.0211 e. The molecule has 2 rings (SSSR count). The van der Waals surface area contributed by atoms with Crippen molar-refractivity contribution in [1.29, 1.82) is 0 Å². The van der Waals surface area contributed by atoms with Gasteiger partial charge in [-0.05, 0) is 62.5 Å². The maximum Gasteiger partial charge on any atom is 0.0211 e. The molecule has 0 aliphatic carbocycles. The molecule has 0 aromatic heterocycles. The molecule has 0 aliphatic heterocycles. The molecular weight excluding hydrogens is 318 g/mol. The molecule has 142 valence electrons. The third kappa shape index (κ3) is 7.28. The third-order valence-corrected chi connectivity index (χ3v) is 5.04. The minimum Gasteiger partial charge on any atom is -0.320 e. The molecular formula is C23H35N3. The minimum absolute atomic E-state index is 0.496. The van der Waals surface area contributed by atoms with Crippen molar-refractivity contribution in [1.82, 2.24) is 16.0 Å². The fourth-order valence-corrected chi connectivity index (χ4v) is 3.22. The van der Waals surface area contributed by atoms with E-state index in [1.54, 1.807) is 0 Å². The molecule has 1 unspecified atom stereocenters. The normalized spacial score (nSPS) is 12.3. The van der Waals surface area contributed by atoms with Crippen LogP contribution in [0.3, 0.4) is 0 Å². The van der Waals surface area contributed by atoms with Crippen LogP contribution in [0.4, 0.5) is 0 Å². The van der Waals surface area contributed by atoms with Gasteiger partial charge in [0.05, 0.1) is 0 Å². The average Bonchev–Trinajstić information content (AvgIpc) is 2.65. The molecule has 0 amide bonds. The van der Waals surface area contributed by atoms with Crippen LogP contribution in [0, 0.1) is 13.8 Å². The first-order valence-electron chi connectivity index (χ1n) is 9.88. The lowest BCUT2D eigenvalue weighted by Gasteiger charge is -2.20. The quantitative estimate of drug-likeness (QED) is 0.506. The molecule has 1 atom stereocenters. The molecule has 3 N–H and O–H groups in total. The summed E-state index contributed by atoms with van der Waals surface area (Å²) in [6, 6.07) is 17.8. The van der Waals surface area contributed by atoms with Gasteiger partial charge in [0, 0.05) is 25.7 Å². The van der Waals surface area contributed by atoms with Crippen molar-refractivity contribution in [3.8, 4) is 0 Å². The number of rotatable bonds is 12. The summed E-state index contributed by atoms with van der Waals surface area (Å²) in [6.07, 6.45) is 3.68. The van der Waals surface area contributed by atoms with E-state index < -0.39 is 0 Å². The summed E-state index contributed by atoms with van der Waals surface area (Å²) < 4.78 is 0. The van der Waals surface area contributed by atoms with E-state index in [1.165, 1.54) is 41.5 Å². The third-order valence-electron chi connectivity index (χ3n) is 5.04. The van der Waals surface area contributed by atoms with Gasteiger partial charge in [0.15, 0.2) is 0 Å². The maximum atomic E-state index is 3.77. The van der Waals surface area contributed by atoms with Crippen LogP contribution < -0.4 is 16.0 Å². The fourth-order valence-electron chi connectivity index (χ4n) is 3.22. The molecule has 0 bridgehead atoms. The van der Waals surface area contributed by atoms with Crippen molar-refractivity contribution in [3.63, 3.8) is 0 Å². The van der Waals surface area contributed by atoms with Crippen molar-refractivity contribution in [2.75, 3.05) is 20.1 Å². The second-order valence-corrected chi connectivity index (χ2v) is 7.16. The summed E-state index contributed by atoms with van der Waals surface area (Å²) in [4.78, 5) is 0. The van der Waals surface area contributed by atoms with Gasteiger partial charge in [0.25, 0.3) is 0 Å². The van der Waals surface area contributed by atoms with Gasteiger partial charge in [-0.1, -0.05) is 55.0 Å². The van der Waals surface area contributed by atoms with Gasteiger partial charge in [-0.25, -0.2) is 0 Å². The summed E-state index contributed by atoms with van der Waals surface area (Å²) in [6.45, 7) is 8.35. The van der Waals surface area contributed by atoms with Crippen molar-refractivity contribution in [2.45, 2.75) is 52.2 Å². The molecule has 0 aliphatic rings. The number of aryl methyl sites for hydroxylation is 2. The number of hydrogen-bond donors (Lipinski definition) is 3. The van der Waals surface area contributed by atoms with E-state index in [0.717, 1.165) is 26.2 Å². The standard InChI is InChI=1S/C23H35N3/c1-19-10-4-6-12-21(19)16-25-18-23(14-8-9-15-24-3)26-17-22-13-7-5-11-20(22)2/h4-7,10-13,23-26H,8-9,14-18H2,1-3H3. The number of unbranched alkanes of at least 4 members (excludes halogenated alkanes) is 1. The molecule has 0 spiro atoms. The Labute approximate surface area is 159 Å². The Morgan fingerprint density at radius 2 is 1.42 bits per heavy atom. The van der Waals surface area contributed by atoms with Gasteiger partial charge in [-0.15, -0.1) is 0 Å². The lowest BCUT2D eigenvalue weighted by atomic mass is 10.1. The molecule has 0 saturated carbocycles. The molecule has 3 heteroatoms. The van der Waals surface area contributed by atoms with Gasteiger partial charge >= 0.3 is 0 Å². The van der Waals surface area contributed by atoms with Crippen LogP contribution in [-0.4, -0.2) is 26.2 Å². The van der Waals surface area contributed by atoms with E-state index in [2.05, 4.69) is 78.3 Å². The SMILES string of the molecule is CNCCCCC(CNCc1ccccc1C)NCc1ccccc1C. The zero-order valence-electron chi connectivity index (χ0n) is 16.6. The number of benzene rings is 2. The lowest BCUT2D eigenvalue weighted by Crippen LogP contribution is -2.38. The summed E-state index contributed by atoms with van der Waals surface area (Å²) in [5, 5.41) is 10.7. The van der Waals surface area contributed by atoms with E-state index in [1.807, 2.05) is 7.05 Å². The van der Waals surface area contributed by atoms with E-state index in [0.29, 0.717) is 6.04 Å². The van der Waals surface area contributed by atoms with Crippen molar-refractivity contribution in [2.24, 2.45) is 0 Å². The zero-order chi connectivity index (χ0) is 18.6. The van der Waals surface area contributed by atoms with E-state index in [4.69, 9.17) is 0 Å². The average molecular weight is 354 g/mol. The Kier molecular flexibility index (Phi) is 9.40. The lowest BCUT2D eigenvalue weighted by molar-refractivity contribution is 0.429. The maximum absolute atomic E-state index is 3.77. The highest BCUT2D eigenvalue weighted by Gasteiger charge is 2.09. The topological polar surface area (TPSA) is 36.1 Å². The minimum atomic E-state index is 0.496. The van der Waals surface area contributed by atoms with Gasteiger partial charge < -0.3 is 16.0 Å². The Morgan fingerprint density at radius 1 is 0.808 bits per heavy atom. The Balaban J connectivity index is 1.83. The largest absolute Gasteiger partial charge is 0.320 e. The van der Waals surface area contributed by atoms with Crippen LogP contribution in [0.2, 0.25) is 0 Å². The number of nitrogens with one attached hydrogen (secondary N) is 3. The second-order valence-electron chi connectivity index (χ2n) is 7.16. The van der Waals surface area contributed by atoms with Crippen LogP contribution in [0.5, 0.6) is 0 Å². The molecule has 26 heavy (non-hydrogen) atoms. The Hall–Kier alpha value is -1.68. The van der Waals surface area contributed by atoms with E-state index in [-0.39, 0.29) is 0 Å². The molecule has 0 fully saturated rings. The van der Waals surface area contributed by atoms with Gasteiger partial charge in [-0.2, -0.15) is 0 Å². The van der Waals surface area contributed by atoms with Gasteiger partial charge in [-0.3, -0.25) is 0 Å². The number of hydrogen-bond acceptors (Lipinski definition) is 3. The first-order chi connectivity index (χ1) is 12.7. The van der Waals surface area contributed by atoms with Crippen LogP contribution in [0.1, 0.15) is 41.5 Å². The monoisotopic (exact) mass is 353 g/mol. The molecule has 0 heterocycles. The highest BCUT2D eigenvalue weighted by atomic mass is 15.0. The molecule has 2 aromatic rings. The second kappa shape index (κ2) is 11.8. The highest BCUT2D eigenvalue weighted by Crippen LogP contribution is 2.09. The van der Waals surface area contributed by atoms with Crippen LogP contribution in [0.25, 0.3) is 0 Å². The highest BCUT2D eigenvalue weighted by molar-refractivity contribution is 5.26. The fraction of sp³-hybridized carbons (Fsp3) is 0.478. The predicted octanol–water partition coefficient (Wildman–Crippen LogP) is 3.94. The van der Waals surface area contributed by atoms with E-state index >= 15 is 0 Å². The summed E-state index contributed by atoms with van der Waals surface area (Å²) in [5.41, 5.74) is 5.51. The Morgan fingerprint density at radius 3 is 2.04 bits per heavy atom. The van der Waals surface area contributed by atoms with Gasteiger partial charge in [0.2, 0.25) is 0 Å². The van der Waals surface area contributed by atoms with Crippen LogP contribution in [0.15, 0.2) is 48.5 Å². The molecule has 0 radical (unpaired) electrons. The molecule has 0 saturated heterocycles. The predicted molar refractivity (Wildman–Crippen MR) is 112 cm³/mol. The summed E-state index contributed by atoms with van der Waals surface area (Å²) in [7, 11) is 2.03. The summed E-state index contributed by atoms with van der Waals surface area (Å²) in [5.74, 6) is 0. The van der Waals surface area contributed by atoms with Crippen molar-refractivity contribution in [3.05, 3.63) is 70.8 Å². The van der Waals surface area contributed by atoms with Gasteiger partial charge in [0.1, 0.15) is 0 Å². The summed E-state index contributed by atoms with van der Waals surface area (Å²) >= 11 is 0. The molecule has 3 nitrogen and oxygen atoms in total.